The van der Waals surface area contributed by atoms with E-state index in [1.54, 1.807) is 0 Å². The summed E-state index contributed by atoms with van der Waals surface area (Å²) in [6.45, 7) is 0. The summed E-state index contributed by atoms with van der Waals surface area (Å²) in [5.41, 5.74) is 0. The lowest BCUT2D eigenvalue weighted by molar-refractivity contribution is 0.859. The van der Waals surface area contributed by atoms with Crippen LogP contribution >= 0.6 is 11.6 Å². The number of nitrogens with zero attached hydrogens (tertiary/aromatic N) is 6. The molecule has 0 bridgehead atoms. The van der Waals surface area contributed by atoms with Crippen LogP contribution in [-0.2, 0) is 0 Å². The zero-order chi connectivity index (χ0) is 8.81. The molecule has 0 radical (unpaired) electrons. The van der Waals surface area contributed by atoms with Crippen LogP contribution in [0.5, 0.6) is 0 Å². The molecule has 1 aromatic heterocycles. The van der Waals surface area contributed by atoms with E-state index in [-0.39, 0.29) is 10.8 Å². The van der Waals surface area contributed by atoms with Gasteiger partial charge in [-0.1, -0.05) is 11.6 Å². The summed E-state index contributed by atoms with van der Waals surface area (Å²) in [4.78, 5) is 0. The van der Waals surface area contributed by atoms with Crippen molar-refractivity contribution in [1.82, 2.24) is 15.4 Å². The zero-order valence-corrected chi connectivity index (χ0v) is 6.55. The van der Waals surface area contributed by atoms with Crippen LogP contribution in [0.2, 0.25) is 5.02 Å². The molecule has 0 fully saturated rings. The lowest BCUT2D eigenvalue weighted by atomic mass is 10.6. The number of hydrogen-bond donors (Lipinski definition) is 1. The standard InChI is InChI=1S/C4H4ClN7/c5-3-1-8-12-11-4(3)10-9-2-7-6/h1-2H,6H2. The number of aromatic nitrogens is 3. The fraction of sp³-hybridized carbons (Fsp3) is 0. The van der Waals surface area contributed by atoms with Gasteiger partial charge in [-0.2, -0.15) is 5.10 Å². The van der Waals surface area contributed by atoms with Gasteiger partial charge in [-0.25, -0.2) is 0 Å². The van der Waals surface area contributed by atoms with Gasteiger partial charge in [0.2, 0.25) is 5.82 Å². The second-order valence-corrected chi connectivity index (χ2v) is 1.99. The number of hydrogen-bond acceptors (Lipinski definition) is 6. The maximum atomic E-state index is 5.61. The summed E-state index contributed by atoms with van der Waals surface area (Å²) in [5.74, 6) is 4.94. The quantitative estimate of drug-likeness (QED) is 0.238. The van der Waals surface area contributed by atoms with E-state index in [1.165, 1.54) is 6.20 Å². The minimum absolute atomic E-state index is 0.173. The highest BCUT2D eigenvalue weighted by Crippen LogP contribution is 2.18. The SMILES string of the molecule is NN=CN=Nc1nnncc1Cl. The molecule has 0 saturated carbocycles. The van der Waals surface area contributed by atoms with Gasteiger partial charge in [0.05, 0.1) is 6.20 Å². The molecule has 0 aromatic carbocycles. The van der Waals surface area contributed by atoms with Gasteiger partial charge in [0.15, 0.2) is 6.34 Å². The third kappa shape index (κ3) is 2.20. The van der Waals surface area contributed by atoms with E-state index >= 15 is 0 Å². The van der Waals surface area contributed by atoms with Crippen LogP contribution in [0.3, 0.4) is 0 Å². The Morgan fingerprint density at radius 3 is 3.08 bits per heavy atom. The van der Waals surface area contributed by atoms with Crippen molar-refractivity contribution in [2.45, 2.75) is 0 Å². The number of halogens is 1. The van der Waals surface area contributed by atoms with Crippen molar-refractivity contribution in [1.29, 1.82) is 0 Å². The van der Waals surface area contributed by atoms with Gasteiger partial charge in [0, 0.05) is 0 Å². The molecule has 0 amide bonds. The summed E-state index contributed by atoms with van der Waals surface area (Å²) in [7, 11) is 0. The predicted octanol–water partition coefficient (Wildman–Crippen LogP) is 0.511. The summed E-state index contributed by atoms with van der Waals surface area (Å²) >= 11 is 5.61. The van der Waals surface area contributed by atoms with Crippen LogP contribution in [0.1, 0.15) is 0 Å². The van der Waals surface area contributed by atoms with Gasteiger partial charge in [-0.3, -0.25) is 0 Å². The van der Waals surface area contributed by atoms with Crippen LogP contribution < -0.4 is 5.84 Å². The molecule has 0 aliphatic rings. The second-order valence-electron chi connectivity index (χ2n) is 1.59. The molecule has 0 spiro atoms. The third-order valence-corrected chi connectivity index (χ3v) is 1.11. The Morgan fingerprint density at radius 1 is 1.58 bits per heavy atom. The lowest BCUT2D eigenvalue weighted by Gasteiger charge is -1.88. The molecule has 62 valence electrons. The van der Waals surface area contributed by atoms with Crippen molar-refractivity contribution in [2.75, 3.05) is 0 Å². The minimum atomic E-state index is 0.173. The summed E-state index contributed by atoms with van der Waals surface area (Å²) in [6, 6.07) is 0. The molecule has 1 heterocycles. The Labute approximate surface area is 72.3 Å². The second kappa shape index (κ2) is 4.29. The van der Waals surface area contributed by atoms with Crippen LogP contribution in [0.25, 0.3) is 0 Å². The number of rotatable bonds is 2. The van der Waals surface area contributed by atoms with Gasteiger partial charge < -0.3 is 5.84 Å². The van der Waals surface area contributed by atoms with Crippen molar-refractivity contribution in [3.63, 3.8) is 0 Å². The van der Waals surface area contributed by atoms with Crippen molar-refractivity contribution in [3.05, 3.63) is 11.2 Å². The van der Waals surface area contributed by atoms with Crippen molar-refractivity contribution < 1.29 is 0 Å². The molecule has 1 rings (SSSR count). The summed E-state index contributed by atoms with van der Waals surface area (Å²) in [6.07, 6.45) is 2.36. The molecule has 12 heavy (non-hydrogen) atoms. The summed E-state index contributed by atoms with van der Waals surface area (Å²) < 4.78 is 0. The Hall–Kier alpha value is -1.63. The number of hydrazone groups is 1. The van der Waals surface area contributed by atoms with Crippen molar-refractivity contribution in [3.8, 4) is 0 Å². The first-order chi connectivity index (χ1) is 5.84. The molecule has 2 N–H and O–H groups in total. The first-order valence-corrected chi connectivity index (χ1v) is 3.19. The Morgan fingerprint density at radius 2 is 2.42 bits per heavy atom. The van der Waals surface area contributed by atoms with Gasteiger partial charge in [-0.15, -0.1) is 20.4 Å². The van der Waals surface area contributed by atoms with E-state index in [2.05, 4.69) is 30.7 Å². The van der Waals surface area contributed by atoms with Crippen LogP contribution in [-0.4, -0.2) is 21.7 Å². The Balaban J connectivity index is 2.82. The number of nitrogens with two attached hydrogens (primary N) is 1. The average molecular weight is 186 g/mol. The lowest BCUT2D eigenvalue weighted by Crippen LogP contribution is -1.85. The van der Waals surface area contributed by atoms with E-state index in [9.17, 15) is 0 Å². The third-order valence-electron chi connectivity index (χ3n) is 0.847. The normalized spacial score (nSPS) is 11.4. The smallest absolute Gasteiger partial charge is 0.218 e. The van der Waals surface area contributed by atoms with Crippen molar-refractivity contribution >= 4 is 23.8 Å². The molecule has 0 unspecified atom stereocenters. The topological polar surface area (TPSA) is 102 Å². The van der Waals surface area contributed by atoms with E-state index in [1.807, 2.05) is 0 Å². The first-order valence-electron chi connectivity index (χ1n) is 2.81. The average Bonchev–Trinajstić information content (AvgIpc) is 2.09. The molecule has 0 aliphatic heterocycles. The van der Waals surface area contributed by atoms with Crippen molar-refractivity contribution in [2.24, 2.45) is 21.2 Å². The minimum Gasteiger partial charge on any atom is -0.322 e. The maximum Gasteiger partial charge on any atom is 0.218 e. The highest BCUT2D eigenvalue weighted by atomic mass is 35.5. The fourth-order valence-electron chi connectivity index (χ4n) is 0.428. The van der Waals surface area contributed by atoms with Gasteiger partial charge >= 0.3 is 0 Å². The highest BCUT2D eigenvalue weighted by Gasteiger charge is 1.98. The summed E-state index contributed by atoms with van der Waals surface area (Å²) in [5, 5.41) is 20.5. The maximum absolute atomic E-state index is 5.61. The molecule has 7 nitrogen and oxygen atoms in total. The van der Waals surface area contributed by atoms with E-state index in [0.29, 0.717) is 0 Å². The van der Waals surface area contributed by atoms with Gasteiger partial charge in [-0.05, 0) is 5.21 Å². The van der Waals surface area contributed by atoms with Crippen LogP contribution in [0, 0.1) is 0 Å². The van der Waals surface area contributed by atoms with E-state index in [0.717, 1.165) is 6.34 Å². The molecule has 0 atom stereocenters. The Kier molecular flexibility index (Phi) is 3.03. The Bertz CT molecular complexity index is 308. The molecular formula is C4H4ClN7. The molecule has 0 aliphatic carbocycles. The van der Waals surface area contributed by atoms with E-state index < -0.39 is 0 Å². The van der Waals surface area contributed by atoms with E-state index in [4.69, 9.17) is 17.4 Å². The number of azo groups is 1. The first kappa shape index (κ1) is 8.47. The zero-order valence-electron chi connectivity index (χ0n) is 5.79. The fourth-order valence-corrected chi connectivity index (χ4v) is 0.548. The molecular weight excluding hydrogens is 182 g/mol. The molecule has 0 saturated heterocycles. The van der Waals surface area contributed by atoms with Gasteiger partial charge in [0.25, 0.3) is 0 Å². The molecule has 1 aromatic rings. The largest absolute Gasteiger partial charge is 0.322 e. The van der Waals surface area contributed by atoms with Crippen LogP contribution in [0.4, 0.5) is 5.82 Å². The highest BCUT2D eigenvalue weighted by molar-refractivity contribution is 6.32. The van der Waals surface area contributed by atoms with Gasteiger partial charge in [0.1, 0.15) is 5.02 Å². The monoisotopic (exact) mass is 185 g/mol. The predicted molar refractivity (Wildman–Crippen MR) is 42.0 cm³/mol. The van der Waals surface area contributed by atoms with Crippen LogP contribution in [0.15, 0.2) is 21.5 Å². The molecule has 8 heteroatoms.